The Morgan fingerprint density at radius 2 is 1.86 bits per heavy atom. The molecule has 0 aromatic heterocycles. The van der Waals surface area contributed by atoms with Gasteiger partial charge in [-0.25, -0.2) is 0 Å². The number of hydrogen-bond donors (Lipinski definition) is 0. The minimum atomic E-state index is -0.0973. The van der Waals surface area contributed by atoms with Crippen LogP contribution in [0.1, 0.15) is 17.3 Å². The lowest BCUT2D eigenvalue weighted by Gasteiger charge is -2.08. The maximum atomic E-state index is 12.1. The van der Waals surface area contributed by atoms with Gasteiger partial charge in [0, 0.05) is 10.6 Å². The van der Waals surface area contributed by atoms with Crippen LogP contribution in [0.15, 0.2) is 46.9 Å². The van der Waals surface area contributed by atoms with Crippen molar-refractivity contribution < 1.29 is 14.3 Å². The second-order valence-electron chi connectivity index (χ2n) is 4.24. The Labute approximate surface area is 137 Å². The van der Waals surface area contributed by atoms with Crippen molar-refractivity contribution in [3.8, 4) is 11.5 Å². The molecule has 0 saturated heterocycles. The number of carbonyl (C=O) groups excluding carboxylic acids is 1. The van der Waals surface area contributed by atoms with Gasteiger partial charge in [0.15, 0.2) is 12.4 Å². The average Bonchev–Trinajstić information content (AvgIpc) is 2.47. The Bertz CT molecular complexity index is 626. The lowest BCUT2D eigenvalue weighted by Crippen LogP contribution is -2.11. The normalized spacial score (nSPS) is 10.2. The average molecular weight is 370 g/mol. The first-order valence-electron chi connectivity index (χ1n) is 6.44. The summed E-state index contributed by atoms with van der Waals surface area (Å²) in [5.74, 6) is 1.23. The van der Waals surface area contributed by atoms with E-state index >= 15 is 0 Å². The lowest BCUT2D eigenvalue weighted by atomic mass is 10.1. The first-order chi connectivity index (χ1) is 10.1. The van der Waals surface area contributed by atoms with Gasteiger partial charge in [0.2, 0.25) is 0 Å². The van der Waals surface area contributed by atoms with Crippen molar-refractivity contribution in [2.75, 3.05) is 13.2 Å². The highest BCUT2D eigenvalue weighted by Crippen LogP contribution is 2.28. The SMILES string of the molecule is CCOc1ccc(C(=O)COc2ccc(Cl)cc2Br)cc1. The molecule has 2 aromatic rings. The summed E-state index contributed by atoms with van der Waals surface area (Å²) in [5, 5.41) is 0.604. The van der Waals surface area contributed by atoms with Crippen LogP contribution in [0.25, 0.3) is 0 Å². The second kappa shape index (κ2) is 7.48. The zero-order valence-electron chi connectivity index (χ0n) is 11.4. The molecule has 0 unspecified atom stereocenters. The highest BCUT2D eigenvalue weighted by atomic mass is 79.9. The fourth-order valence-corrected chi connectivity index (χ4v) is 2.52. The molecular weight excluding hydrogens is 356 g/mol. The van der Waals surface area contributed by atoms with Gasteiger partial charge in [-0.2, -0.15) is 0 Å². The van der Waals surface area contributed by atoms with Crippen LogP contribution >= 0.6 is 27.5 Å². The zero-order valence-corrected chi connectivity index (χ0v) is 13.8. The van der Waals surface area contributed by atoms with E-state index in [4.69, 9.17) is 21.1 Å². The van der Waals surface area contributed by atoms with Crippen LogP contribution in [0.4, 0.5) is 0 Å². The van der Waals surface area contributed by atoms with Crippen LogP contribution in [0.5, 0.6) is 11.5 Å². The van der Waals surface area contributed by atoms with Gasteiger partial charge >= 0.3 is 0 Å². The van der Waals surface area contributed by atoms with Crippen LogP contribution in [-0.4, -0.2) is 19.0 Å². The largest absolute Gasteiger partial charge is 0.494 e. The molecule has 0 bridgehead atoms. The summed E-state index contributed by atoms with van der Waals surface area (Å²) in [5.41, 5.74) is 0.587. The minimum absolute atomic E-state index is 0.0335. The fraction of sp³-hybridized carbons (Fsp3) is 0.188. The zero-order chi connectivity index (χ0) is 15.2. The minimum Gasteiger partial charge on any atom is -0.494 e. The summed E-state index contributed by atoms with van der Waals surface area (Å²) < 4.78 is 11.6. The van der Waals surface area contributed by atoms with Crippen LogP contribution < -0.4 is 9.47 Å². The van der Waals surface area contributed by atoms with Gasteiger partial charge < -0.3 is 9.47 Å². The van der Waals surface area contributed by atoms with E-state index in [1.807, 2.05) is 6.92 Å². The second-order valence-corrected chi connectivity index (χ2v) is 5.53. The number of rotatable bonds is 6. The van der Waals surface area contributed by atoms with Gasteiger partial charge in [-0.1, -0.05) is 11.6 Å². The third-order valence-electron chi connectivity index (χ3n) is 2.74. The Balaban J connectivity index is 1.98. The van der Waals surface area contributed by atoms with Crippen molar-refractivity contribution in [3.05, 3.63) is 57.5 Å². The topological polar surface area (TPSA) is 35.5 Å². The van der Waals surface area contributed by atoms with Crippen LogP contribution in [-0.2, 0) is 0 Å². The van der Waals surface area contributed by atoms with Gasteiger partial charge in [-0.15, -0.1) is 0 Å². The summed E-state index contributed by atoms with van der Waals surface area (Å²) in [6.07, 6.45) is 0. The predicted molar refractivity (Wildman–Crippen MR) is 86.6 cm³/mol. The molecule has 0 N–H and O–H groups in total. The van der Waals surface area contributed by atoms with E-state index in [9.17, 15) is 4.79 Å². The monoisotopic (exact) mass is 368 g/mol. The van der Waals surface area contributed by atoms with Crippen molar-refractivity contribution in [3.63, 3.8) is 0 Å². The molecule has 0 aliphatic carbocycles. The highest BCUT2D eigenvalue weighted by Gasteiger charge is 2.09. The van der Waals surface area contributed by atoms with Crippen LogP contribution in [0.3, 0.4) is 0 Å². The van der Waals surface area contributed by atoms with E-state index < -0.39 is 0 Å². The van der Waals surface area contributed by atoms with E-state index in [1.165, 1.54) is 0 Å². The van der Waals surface area contributed by atoms with Crippen molar-refractivity contribution in [1.29, 1.82) is 0 Å². The molecule has 2 aromatic carbocycles. The molecule has 110 valence electrons. The Hall–Kier alpha value is -1.52. The van der Waals surface area contributed by atoms with E-state index in [0.717, 1.165) is 10.2 Å². The molecule has 0 spiro atoms. The summed E-state index contributed by atoms with van der Waals surface area (Å²) in [7, 11) is 0. The molecule has 21 heavy (non-hydrogen) atoms. The maximum absolute atomic E-state index is 12.1. The summed E-state index contributed by atoms with van der Waals surface area (Å²) >= 11 is 9.19. The number of Topliss-reactive ketones (excluding diaryl/α,β-unsaturated/α-hetero) is 1. The number of hydrogen-bond acceptors (Lipinski definition) is 3. The number of halogens is 2. The predicted octanol–water partition coefficient (Wildman–Crippen LogP) is 4.76. The van der Waals surface area contributed by atoms with Crippen molar-refractivity contribution in [2.45, 2.75) is 6.92 Å². The third-order valence-corrected chi connectivity index (χ3v) is 3.59. The molecule has 0 aliphatic rings. The molecular formula is C16H14BrClO3. The van der Waals surface area contributed by atoms with Crippen LogP contribution in [0, 0.1) is 0 Å². The molecule has 5 heteroatoms. The Kier molecular flexibility index (Phi) is 5.65. The molecule has 0 fully saturated rings. The molecule has 2 rings (SSSR count). The highest BCUT2D eigenvalue weighted by molar-refractivity contribution is 9.10. The smallest absolute Gasteiger partial charge is 0.200 e. The molecule has 0 radical (unpaired) electrons. The molecule has 0 atom stereocenters. The van der Waals surface area contributed by atoms with Gasteiger partial charge in [0.25, 0.3) is 0 Å². The molecule has 0 amide bonds. The third kappa shape index (κ3) is 4.48. The number of ketones is 1. The molecule has 0 heterocycles. The lowest BCUT2D eigenvalue weighted by molar-refractivity contribution is 0.0921. The van der Waals surface area contributed by atoms with Crippen molar-refractivity contribution in [1.82, 2.24) is 0 Å². The number of ether oxygens (including phenoxy) is 2. The molecule has 0 aliphatic heterocycles. The Morgan fingerprint density at radius 1 is 1.14 bits per heavy atom. The summed E-state index contributed by atoms with van der Waals surface area (Å²) in [6.45, 7) is 2.48. The van der Waals surface area contributed by atoms with Gasteiger partial charge in [0.05, 0.1) is 11.1 Å². The quantitative estimate of drug-likeness (QED) is 0.689. The number of benzene rings is 2. The van der Waals surface area contributed by atoms with E-state index in [0.29, 0.717) is 22.9 Å². The summed E-state index contributed by atoms with van der Waals surface area (Å²) in [6, 6.07) is 12.2. The maximum Gasteiger partial charge on any atom is 0.200 e. The summed E-state index contributed by atoms with van der Waals surface area (Å²) in [4.78, 5) is 12.1. The van der Waals surface area contributed by atoms with Crippen molar-refractivity contribution >= 4 is 33.3 Å². The molecule has 3 nitrogen and oxygen atoms in total. The van der Waals surface area contributed by atoms with Crippen molar-refractivity contribution in [2.24, 2.45) is 0 Å². The Morgan fingerprint density at radius 3 is 2.48 bits per heavy atom. The standard InChI is InChI=1S/C16H14BrClO3/c1-2-20-13-6-3-11(4-7-13)15(19)10-21-16-8-5-12(18)9-14(16)17/h3-9H,2,10H2,1H3. The van der Waals surface area contributed by atoms with E-state index in [-0.39, 0.29) is 12.4 Å². The van der Waals surface area contributed by atoms with E-state index in [1.54, 1.807) is 42.5 Å². The first kappa shape index (κ1) is 15.9. The van der Waals surface area contributed by atoms with Gasteiger partial charge in [-0.05, 0) is 65.3 Å². The fourth-order valence-electron chi connectivity index (χ4n) is 1.72. The van der Waals surface area contributed by atoms with Gasteiger partial charge in [-0.3, -0.25) is 4.79 Å². The number of carbonyl (C=O) groups is 1. The van der Waals surface area contributed by atoms with E-state index in [2.05, 4.69) is 15.9 Å². The van der Waals surface area contributed by atoms with Gasteiger partial charge in [0.1, 0.15) is 11.5 Å². The first-order valence-corrected chi connectivity index (χ1v) is 7.61. The van der Waals surface area contributed by atoms with Crippen LogP contribution in [0.2, 0.25) is 5.02 Å². The molecule has 0 saturated carbocycles.